The molecule has 3 N–H and O–H groups in total. The molecule has 0 spiro atoms. The number of halogens is 1. The number of aliphatic hydroxyl groups excluding tert-OH is 2. The maximum Gasteiger partial charge on any atom is 0.126 e. The molecule has 2 unspecified atom stereocenters. The van der Waals surface area contributed by atoms with E-state index in [2.05, 4.69) is 5.32 Å². The van der Waals surface area contributed by atoms with Crippen molar-refractivity contribution < 1.29 is 14.6 Å². The second kappa shape index (κ2) is 5.21. The summed E-state index contributed by atoms with van der Waals surface area (Å²) in [7, 11) is 1.67. The van der Waals surface area contributed by atoms with Gasteiger partial charge in [-0.05, 0) is 31.2 Å². The Kier molecular flexibility index (Phi) is 4.20. The molecular formula is C11H16FNO2. The summed E-state index contributed by atoms with van der Waals surface area (Å²) in [6, 6.07) is 4.46. The molecule has 0 bridgehead atoms. The van der Waals surface area contributed by atoms with E-state index in [1.54, 1.807) is 20.0 Å². The molecule has 1 aromatic rings. The molecule has 15 heavy (non-hydrogen) atoms. The van der Waals surface area contributed by atoms with Crippen LogP contribution >= 0.6 is 0 Å². The Morgan fingerprint density at radius 1 is 1.40 bits per heavy atom. The molecule has 2 atom stereocenters. The van der Waals surface area contributed by atoms with Gasteiger partial charge in [-0.2, -0.15) is 0 Å². The van der Waals surface area contributed by atoms with Gasteiger partial charge in [-0.25, -0.2) is 4.39 Å². The Morgan fingerprint density at radius 2 is 2.07 bits per heavy atom. The molecule has 0 saturated carbocycles. The van der Waals surface area contributed by atoms with Crippen molar-refractivity contribution in [2.75, 3.05) is 13.6 Å². The molecule has 0 heterocycles. The molecule has 0 amide bonds. The topological polar surface area (TPSA) is 52.5 Å². The Bertz CT molecular complexity index is 330. The van der Waals surface area contributed by atoms with Gasteiger partial charge in [0.1, 0.15) is 11.9 Å². The number of rotatable bonds is 4. The van der Waals surface area contributed by atoms with Crippen molar-refractivity contribution in [2.45, 2.75) is 19.1 Å². The van der Waals surface area contributed by atoms with Crippen LogP contribution < -0.4 is 5.32 Å². The number of benzene rings is 1. The number of hydrogen-bond donors (Lipinski definition) is 3. The largest absolute Gasteiger partial charge is 0.389 e. The van der Waals surface area contributed by atoms with E-state index in [4.69, 9.17) is 0 Å². The van der Waals surface area contributed by atoms with Crippen LogP contribution in [0.25, 0.3) is 0 Å². The van der Waals surface area contributed by atoms with Crippen molar-refractivity contribution in [3.8, 4) is 0 Å². The minimum atomic E-state index is -1.06. The third-order valence-corrected chi connectivity index (χ3v) is 2.41. The highest BCUT2D eigenvalue weighted by Crippen LogP contribution is 2.22. The summed E-state index contributed by atoms with van der Waals surface area (Å²) >= 11 is 0. The summed E-state index contributed by atoms with van der Waals surface area (Å²) in [6.07, 6.45) is -2.00. The third kappa shape index (κ3) is 2.75. The lowest BCUT2D eigenvalue weighted by molar-refractivity contribution is 0.0197. The molecule has 0 aliphatic heterocycles. The van der Waals surface area contributed by atoms with Crippen molar-refractivity contribution in [1.29, 1.82) is 0 Å². The summed E-state index contributed by atoms with van der Waals surface area (Å²) < 4.78 is 13.2. The average Bonchev–Trinajstić information content (AvgIpc) is 2.21. The van der Waals surface area contributed by atoms with Crippen LogP contribution in [0.15, 0.2) is 18.2 Å². The van der Waals surface area contributed by atoms with Crippen molar-refractivity contribution in [1.82, 2.24) is 5.32 Å². The number of hydrogen-bond acceptors (Lipinski definition) is 3. The highest BCUT2D eigenvalue weighted by atomic mass is 19.1. The SMILES string of the molecule is CNCC(O)C(O)c1cccc(F)c1C. The monoisotopic (exact) mass is 213 g/mol. The third-order valence-electron chi connectivity index (χ3n) is 2.41. The van der Waals surface area contributed by atoms with Gasteiger partial charge in [0.15, 0.2) is 0 Å². The predicted octanol–water partition coefficient (Wildman–Crippen LogP) is 0.748. The fourth-order valence-electron chi connectivity index (χ4n) is 1.47. The molecular weight excluding hydrogens is 197 g/mol. The molecule has 3 nitrogen and oxygen atoms in total. The first-order chi connectivity index (χ1) is 7.07. The predicted molar refractivity (Wildman–Crippen MR) is 56.0 cm³/mol. The molecule has 0 fully saturated rings. The highest BCUT2D eigenvalue weighted by molar-refractivity contribution is 5.29. The van der Waals surface area contributed by atoms with Gasteiger partial charge in [0, 0.05) is 6.54 Å². The van der Waals surface area contributed by atoms with Crippen LogP contribution in [0.5, 0.6) is 0 Å². The van der Waals surface area contributed by atoms with E-state index in [-0.39, 0.29) is 12.4 Å². The summed E-state index contributed by atoms with van der Waals surface area (Å²) in [6.45, 7) is 1.84. The second-order valence-corrected chi connectivity index (χ2v) is 3.52. The van der Waals surface area contributed by atoms with E-state index in [0.29, 0.717) is 11.1 Å². The molecule has 4 heteroatoms. The van der Waals surface area contributed by atoms with Gasteiger partial charge < -0.3 is 15.5 Å². The van der Waals surface area contributed by atoms with Crippen molar-refractivity contribution >= 4 is 0 Å². The van der Waals surface area contributed by atoms with Crippen LogP contribution in [0, 0.1) is 12.7 Å². The first-order valence-corrected chi connectivity index (χ1v) is 4.83. The molecule has 1 aromatic carbocycles. The zero-order valence-electron chi connectivity index (χ0n) is 8.87. The van der Waals surface area contributed by atoms with E-state index in [1.165, 1.54) is 12.1 Å². The Hall–Kier alpha value is -0.970. The lowest BCUT2D eigenvalue weighted by Gasteiger charge is -2.19. The minimum absolute atomic E-state index is 0.261. The van der Waals surface area contributed by atoms with E-state index in [9.17, 15) is 14.6 Å². The van der Waals surface area contributed by atoms with E-state index in [0.717, 1.165) is 0 Å². The van der Waals surface area contributed by atoms with Crippen LogP contribution in [-0.4, -0.2) is 29.9 Å². The summed E-state index contributed by atoms with van der Waals surface area (Å²) in [4.78, 5) is 0. The maximum absolute atomic E-state index is 13.2. The van der Waals surface area contributed by atoms with Crippen LogP contribution in [0.4, 0.5) is 4.39 Å². The van der Waals surface area contributed by atoms with Gasteiger partial charge in [-0.3, -0.25) is 0 Å². The van der Waals surface area contributed by atoms with Crippen molar-refractivity contribution in [3.05, 3.63) is 35.1 Å². The summed E-state index contributed by atoms with van der Waals surface area (Å²) in [5, 5.41) is 22.1. The quantitative estimate of drug-likeness (QED) is 0.691. The van der Waals surface area contributed by atoms with E-state index >= 15 is 0 Å². The average molecular weight is 213 g/mol. The van der Waals surface area contributed by atoms with E-state index < -0.39 is 12.2 Å². The smallest absolute Gasteiger partial charge is 0.126 e. The zero-order valence-corrected chi connectivity index (χ0v) is 8.87. The van der Waals surface area contributed by atoms with Gasteiger partial charge in [-0.1, -0.05) is 12.1 Å². The lowest BCUT2D eigenvalue weighted by atomic mass is 9.99. The van der Waals surface area contributed by atoms with Gasteiger partial charge in [0.05, 0.1) is 6.10 Å². The number of likely N-dealkylation sites (N-methyl/N-ethyl adjacent to an activating group) is 1. The van der Waals surface area contributed by atoms with Gasteiger partial charge in [0.25, 0.3) is 0 Å². The standard InChI is InChI=1S/C11H16FNO2/c1-7-8(4-3-5-9(7)12)11(15)10(14)6-13-2/h3-5,10-11,13-15H,6H2,1-2H3. The zero-order chi connectivity index (χ0) is 11.4. The molecule has 0 aliphatic carbocycles. The normalized spacial score (nSPS) is 15.0. The first kappa shape index (κ1) is 12.1. The summed E-state index contributed by atoms with van der Waals surface area (Å²) in [5.41, 5.74) is 0.804. The molecule has 0 aromatic heterocycles. The van der Waals surface area contributed by atoms with Crippen LogP contribution in [0.3, 0.4) is 0 Å². The molecule has 0 radical (unpaired) electrons. The number of nitrogens with one attached hydrogen (secondary N) is 1. The Labute approximate surface area is 88.6 Å². The Morgan fingerprint density at radius 3 is 2.67 bits per heavy atom. The Balaban J connectivity index is 2.90. The van der Waals surface area contributed by atoms with Crippen molar-refractivity contribution in [2.24, 2.45) is 0 Å². The lowest BCUT2D eigenvalue weighted by Crippen LogP contribution is -2.30. The fraction of sp³-hybridized carbons (Fsp3) is 0.455. The first-order valence-electron chi connectivity index (χ1n) is 4.83. The van der Waals surface area contributed by atoms with Crippen molar-refractivity contribution in [3.63, 3.8) is 0 Å². The van der Waals surface area contributed by atoms with Gasteiger partial charge in [-0.15, -0.1) is 0 Å². The maximum atomic E-state index is 13.2. The highest BCUT2D eigenvalue weighted by Gasteiger charge is 2.20. The van der Waals surface area contributed by atoms with Crippen LogP contribution in [0.1, 0.15) is 17.2 Å². The van der Waals surface area contributed by atoms with Gasteiger partial charge >= 0.3 is 0 Å². The van der Waals surface area contributed by atoms with Gasteiger partial charge in [0.2, 0.25) is 0 Å². The molecule has 1 rings (SSSR count). The molecule has 0 aliphatic rings. The second-order valence-electron chi connectivity index (χ2n) is 3.52. The molecule has 84 valence electrons. The van der Waals surface area contributed by atoms with Crippen LogP contribution in [0.2, 0.25) is 0 Å². The molecule has 0 saturated heterocycles. The fourth-order valence-corrected chi connectivity index (χ4v) is 1.47. The summed E-state index contributed by atoms with van der Waals surface area (Å²) in [5.74, 6) is -0.372. The van der Waals surface area contributed by atoms with E-state index in [1.807, 2.05) is 0 Å². The minimum Gasteiger partial charge on any atom is -0.389 e. The van der Waals surface area contributed by atoms with Crippen LogP contribution in [-0.2, 0) is 0 Å². The number of aliphatic hydroxyl groups is 2.